The van der Waals surface area contributed by atoms with Crippen LogP contribution < -0.4 is 0 Å². The van der Waals surface area contributed by atoms with E-state index in [0.29, 0.717) is 58.0 Å². The molecule has 0 unspecified atom stereocenters. The van der Waals surface area contributed by atoms with Gasteiger partial charge in [-0.1, -0.05) is 381 Å². The Labute approximate surface area is 814 Å². The first-order valence-corrected chi connectivity index (χ1v) is 45.7. The maximum absolute atomic E-state index is 13.4. The van der Waals surface area contributed by atoms with Gasteiger partial charge in [0.05, 0.1) is 11.1 Å². The summed E-state index contributed by atoms with van der Waals surface area (Å²) in [6, 6.07) is 74.7. The third-order valence-corrected chi connectivity index (χ3v) is 23.0. The van der Waals surface area contributed by atoms with E-state index in [1.54, 1.807) is 99.7 Å². The molecule has 710 valence electrons. The summed E-state index contributed by atoms with van der Waals surface area (Å²) in [5.74, 6) is -0.0706. The Balaban J connectivity index is 0.000000205. The van der Waals surface area contributed by atoms with E-state index in [-0.39, 0.29) is 24.4 Å². The lowest BCUT2D eigenvalue weighted by molar-refractivity contribution is -0.106. The zero-order chi connectivity index (χ0) is 101. The van der Waals surface area contributed by atoms with Gasteiger partial charge in [-0.25, -0.2) is 8.78 Å². The molecule has 0 aromatic heterocycles. The Morgan fingerprint density at radius 2 is 0.633 bits per heavy atom. The first-order chi connectivity index (χ1) is 66.4. The van der Waals surface area contributed by atoms with Crippen LogP contribution in [0.5, 0.6) is 0 Å². The van der Waals surface area contributed by atoms with Crippen LogP contribution in [0, 0.1) is 41.5 Å². The van der Waals surface area contributed by atoms with Gasteiger partial charge in [0.2, 0.25) is 0 Å². The van der Waals surface area contributed by atoms with Crippen LogP contribution in [0.15, 0.2) is 373 Å². The minimum atomic E-state index is -4.55. The molecule has 0 fully saturated rings. The minimum Gasteiger partial charge on any atom is -0.299 e. The van der Waals surface area contributed by atoms with Gasteiger partial charge in [0.15, 0.2) is 24.2 Å². The van der Waals surface area contributed by atoms with Crippen molar-refractivity contribution in [3.05, 3.63) is 468 Å². The van der Waals surface area contributed by atoms with Crippen molar-refractivity contribution >= 4 is 79.7 Å². The SMILES string of the molecule is CC(/C=C/C=C(\c1ccc2cccccc1-2)C(F)(F)F)=C\C=O.CC(/C=C/C=C/c1cc(C)c2cc(C(C)C)ccc(C)c1-2)=C(/F)C=O.CC(/C=C/C=C/c1ccc2cccccc1-2)=C(/F)C=O.CC(/C=C/C=C/c1ccc2cccccc1-2)=C\C=O.Cc1cc(/C=C/C=C/C(=C\C=O)C(F)(F)F)c2c(C)ccc(C(C)C)cc1-2.Cc1cc(/C=C/c2ccc(C=O)cc2)c2c(C)ccc(C(C)C)cc1-2. The molecule has 0 saturated heterocycles. The summed E-state index contributed by atoms with van der Waals surface area (Å²) in [5, 5.41) is 0. The van der Waals surface area contributed by atoms with E-state index in [1.165, 1.54) is 125 Å². The van der Waals surface area contributed by atoms with Gasteiger partial charge in [-0.05, 0) is 295 Å². The fourth-order valence-corrected chi connectivity index (χ4v) is 15.2. The third kappa shape index (κ3) is 32.5. The Bertz CT molecular complexity index is 6740. The molecule has 14 heteroatoms. The number of alkyl halides is 6. The molecule has 13 rings (SSSR count). The third-order valence-electron chi connectivity index (χ3n) is 23.0. The molecule has 0 bridgehead atoms. The number of hydrogen-bond donors (Lipinski definition) is 0. The molecule has 12 aliphatic carbocycles. The number of carbonyl (C=O) groups is 6. The van der Waals surface area contributed by atoms with E-state index in [4.69, 9.17) is 0 Å². The predicted molar refractivity (Wildman–Crippen MR) is 565 cm³/mol. The lowest BCUT2D eigenvalue weighted by atomic mass is 10.0. The summed E-state index contributed by atoms with van der Waals surface area (Å²) < 4.78 is 105. The van der Waals surface area contributed by atoms with Gasteiger partial charge in [0.1, 0.15) is 25.1 Å². The summed E-state index contributed by atoms with van der Waals surface area (Å²) in [5.41, 5.74) is 33.0. The second kappa shape index (κ2) is 53.9. The van der Waals surface area contributed by atoms with E-state index in [1.807, 2.05) is 136 Å². The summed E-state index contributed by atoms with van der Waals surface area (Å²) in [4.78, 5) is 62.4. The Kier molecular flexibility index (Phi) is 42.3. The molecule has 139 heavy (non-hydrogen) atoms. The number of aldehydes is 6. The van der Waals surface area contributed by atoms with Crippen molar-refractivity contribution in [3.63, 3.8) is 0 Å². The van der Waals surface area contributed by atoms with E-state index in [9.17, 15) is 63.9 Å². The van der Waals surface area contributed by atoms with Crippen LogP contribution in [-0.4, -0.2) is 50.1 Å². The first kappa shape index (κ1) is 109. The fourth-order valence-electron chi connectivity index (χ4n) is 15.2. The summed E-state index contributed by atoms with van der Waals surface area (Å²) in [6.07, 6.45) is 33.1. The van der Waals surface area contributed by atoms with E-state index in [0.717, 1.165) is 80.4 Å². The maximum atomic E-state index is 13.4. The standard InChI is InChI=1S/C24H24O.C23H23F3O.C23H25FO.C19H15F3O.C18H15FO.C18H16O/c1-16(2)21-11-5-17(3)24-22(13-18(4)23(24)14-21)12-10-19-6-8-20(15-25)9-7-19;1-15(2)18-10-9-16(3)22-19(13-17(4)21(22)14-18)7-5-6-8-20(11-12-27)23(24,25)26;1-15(2)19-11-10-17(4)23-20(12-18(5)21(23)13-19)9-7-6-8-16(3)22(24)14-25;1-14(12-13-23)6-5-9-18(19(20,21)22)17-11-10-15-7-3-2-4-8-16(15)17;1-14(18(19)13-20)7-5-6-9-16-12-11-15-8-3-2-4-10-17(15)16;1-15(13-14-19)7-5-6-9-17-12-11-16-8-3-2-4-10-18(16)17/h5-16H,1-4H3;5-15H,1-4H3;6-15H,1-5H3;2-13H,1H3;2-13H,1H3;2-14H,1H3/b12-10+;7-5+,8-6+,20-11+;8-6+,9-7+,22-16-;6-5+,14-12+,18-9+;7-5+,9-6+,18-14-;7-5+,9-6+,15-13+. The topological polar surface area (TPSA) is 102 Å². The molecular formula is C125H118F8O6. The van der Waals surface area contributed by atoms with Crippen LogP contribution in [0.25, 0.3) is 109 Å². The molecule has 0 radical (unpaired) electrons. The normalized spacial score (nSPS) is 12.9. The van der Waals surface area contributed by atoms with Gasteiger partial charge >= 0.3 is 12.4 Å². The largest absolute Gasteiger partial charge is 0.417 e. The van der Waals surface area contributed by atoms with Gasteiger partial charge in [-0.15, -0.1) is 0 Å². The molecular weight excluding hydrogens is 1750 g/mol. The molecule has 1 aromatic carbocycles. The van der Waals surface area contributed by atoms with Crippen molar-refractivity contribution in [2.24, 2.45) is 0 Å². The van der Waals surface area contributed by atoms with Gasteiger partial charge in [-0.3, -0.25) is 28.8 Å². The molecule has 0 saturated carbocycles. The van der Waals surface area contributed by atoms with Gasteiger partial charge in [0.25, 0.3) is 0 Å². The van der Waals surface area contributed by atoms with E-state index >= 15 is 0 Å². The zero-order valence-electron chi connectivity index (χ0n) is 81.4. The predicted octanol–water partition coefficient (Wildman–Crippen LogP) is 34.6. The summed E-state index contributed by atoms with van der Waals surface area (Å²) in [7, 11) is 0. The van der Waals surface area contributed by atoms with Crippen LogP contribution in [0.3, 0.4) is 0 Å². The second-order valence-electron chi connectivity index (χ2n) is 34.4. The second-order valence-corrected chi connectivity index (χ2v) is 34.4. The van der Waals surface area contributed by atoms with Crippen molar-refractivity contribution in [1.82, 2.24) is 0 Å². The number of aryl methyl sites for hydroxylation is 6. The number of halogens is 8. The highest BCUT2D eigenvalue weighted by molar-refractivity contribution is 5.91. The smallest absolute Gasteiger partial charge is 0.299 e. The van der Waals surface area contributed by atoms with E-state index in [2.05, 4.69) is 197 Å². The first-order valence-electron chi connectivity index (χ1n) is 45.7. The van der Waals surface area contributed by atoms with Crippen LogP contribution >= 0.6 is 0 Å². The van der Waals surface area contributed by atoms with Crippen LogP contribution in [0.1, 0.15) is 186 Å². The lowest BCUT2D eigenvalue weighted by Crippen LogP contribution is -2.10. The van der Waals surface area contributed by atoms with Crippen molar-refractivity contribution in [3.8, 4) is 66.8 Å². The lowest BCUT2D eigenvalue weighted by Gasteiger charge is -2.11. The summed E-state index contributed by atoms with van der Waals surface area (Å²) >= 11 is 0. The molecule has 0 spiro atoms. The van der Waals surface area contributed by atoms with Gasteiger partial charge in [0, 0.05) is 5.56 Å². The van der Waals surface area contributed by atoms with Gasteiger partial charge < -0.3 is 0 Å². The number of fused-ring (bicyclic) bond motifs is 6. The van der Waals surface area contributed by atoms with Crippen LogP contribution in [0.4, 0.5) is 35.1 Å². The Morgan fingerprint density at radius 1 is 0.288 bits per heavy atom. The average Bonchev–Trinajstić information content (AvgIpc) is 1.70. The number of rotatable bonds is 26. The fraction of sp³-hybridized carbons (Fsp3) is 0.168. The highest BCUT2D eigenvalue weighted by Crippen LogP contribution is 2.44. The zero-order valence-corrected chi connectivity index (χ0v) is 81.4. The van der Waals surface area contributed by atoms with Crippen molar-refractivity contribution < 1.29 is 63.9 Å². The highest BCUT2D eigenvalue weighted by Gasteiger charge is 2.36. The quantitative estimate of drug-likeness (QED) is 0.0232. The molecule has 6 nitrogen and oxygen atoms in total. The molecule has 0 heterocycles. The molecule has 0 amide bonds. The monoisotopic (exact) mass is 1870 g/mol. The van der Waals surface area contributed by atoms with Crippen molar-refractivity contribution in [2.45, 2.75) is 141 Å². The number of benzene rings is 1. The maximum Gasteiger partial charge on any atom is 0.417 e. The number of allylic oxidation sites excluding steroid dienone is 26. The Hall–Kier alpha value is -15.3. The Morgan fingerprint density at radius 3 is 1.01 bits per heavy atom. The number of carbonyl (C=O) groups excluding carboxylic acids is 6. The molecule has 1 aromatic rings. The van der Waals surface area contributed by atoms with Crippen molar-refractivity contribution in [2.75, 3.05) is 0 Å². The van der Waals surface area contributed by atoms with Crippen LogP contribution in [-0.2, 0) is 24.0 Å². The van der Waals surface area contributed by atoms with E-state index < -0.39 is 35.2 Å². The molecule has 0 aliphatic heterocycles. The van der Waals surface area contributed by atoms with Crippen LogP contribution in [0.2, 0.25) is 0 Å². The highest BCUT2D eigenvalue weighted by atomic mass is 19.4. The summed E-state index contributed by atoms with van der Waals surface area (Å²) in [6.45, 7) is 32.5. The minimum absolute atomic E-state index is 0.139. The molecule has 0 N–H and O–H groups in total. The molecule has 12 aliphatic rings. The van der Waals surface area contributed by atoms with Crippen molar-refractivity contribution in [1.29, 1.82) is 0 Å². The van der Waals surface area contributed by atoms with Gasteiger partial charge in [-0.2, -0.15) is 26.3 Å². The average molecular weight is 1870 g/mol. The number of hydrogen-bond acceptors (Lipinski definition) is 6. The molecule has 0 atom stereocenters.